The molecule has 0 saturated carbocycles. The fraction of sp³-hybridized carbons (Fsp3) is 0.600. The summed E-state index contributed by atoms with van der Waals surface area (Å²) in [5.41, 5.74) is 2.07. The summed E-state index contributed by atoms with van der Waals surface area (Å²) in [6.45, 7) is 6.53. The molecule has 0 unspecified atom stereocenters. The van der Waals surface area contributed by atoms with Crippen molar-refractivity contribution in [3.05, 3.63) is 18.6 Å². The van der Waals surface area contributed by atoms with Crippen LogP contribution in [0.5, 0.6) is 0 Å². The zero-order valence-electron chi connectivity index (χ0n) is 12.9. The first-order valence-electron chi connectivity index (χ1n) is 7.29. The van der Waals surface area contributed by atoms with Crippen LogP contribution < -0.4 is 5.32 Å². The lowest BCUT2D eigenvalue weighted by Gasteiger charge is -2.20. The molecule has 0 amide bonds. The second-order valence-corrected chi connectivity index (χ2v) is 5.59. The van der Waals surface area contributed by atoms with E-state index in [9.17, 15) is 0 Å². The van der Waals surface area contributed by atoms with Gasteiger partial charge in [-0.2, -0.15) is 0 Å². The lowest BCUT2D eigenvalue weighted by Crippen LogP contribution is -2.27. The molecule has 2 aromatic rings. The van der Waals surface area contributed by atoms with Gasteiger partial charge in [-0.3, -0.25) is 0 Å². The maximum Gasteiger partial charge on any atom is 0.154 e. The van der Waals surface area contributed by atoms with E-state index in [1.54, 1.807) is 0 Å². The van der Waals surface area contributed by atoms with E-state index in [2.05, 4.69) is 41.1 Å². The number of rotatable bonds is 7. The summed E-state index contributed by atoms with van der Waals surface area (Å²) in [6.07, 6.45) is 6.00. The van der Waals surface area contributed by atoms with Gasteiger partial charge in [0, 0.05) is 25.8 Å². The molecule has 5 heteroatoms. The fourth-order valence-electron chi connectivity index (χ4n) is 2.14. The smallest absolute Gasteiger partial charge is 0.154 e. The molecule has 20 heavy (non-hydrogen) atoms. The third-order valence-corrected chi connectivity index (χ3v) is 3.75. The third-order valence-electron chi connectivity index (χ3n) is 3.75. The Morgan fingerprint density at radius 1 is 1.30 bits per heavy atom. The Bertz CT molecular complexity index is 546. The highest BCUT2D eigenvalue weighted by molar-refractivity contribution is 5.85. The van der Waals surface area contributed by atoms with Crippen LogP contribution in [0, 0.1) is 0 Å². The van der Waals surface area contributed by atoms with Crippen LogP contribution in [-0.2, 0) is 7.05 Å². The Balaban J connectivity index is 1.82. The SMILES string of the molecule is CC(C)N(C)CCCCNc1nccc2c1ncn2C. The lowest BCUT2D eigenvalue weighted by molar-refractivity contribution is 0.269. The average Bonchev–Trinajstić information content (AvgIpc) is 2.81. The summed E-state index contributed by atoms with van der Waals surface area (Å²) < 4.78 is 2.01. The van der Waals surface area contributed by atoms with Gasteiger partial charge in [-0.25, -0.2) is 9.97 Å². The topological polar surface area (TPSA) is 46.0 Å². The van der Waals surface area contributed by atoms with E-state index in [-0.39, 0.29) is 0 Å². The minimum atomic E-state index is 0.617. The van der Waals surface area contributed by atoms with Crippen molar-refractivity contribution >= 4 is 16.9 Å². The van der Waals surface area contributed by atoms with E-state index >= 15 is 0 Å². The summed E-state index contributed by atoms with van der Waals surface area (Å²) in [7, 11) is 4.18. The van der Waals surface area contributed by atoms with Gasteiger partial charge in [-0.15, -0.1) is 0 Å². The normalized spacial score (nSPS) is 11.7. The van der Waals surface area contributed by atoms with Gasteiger partial charge in [0.15, 0.2) is 5.82 Å². The van der Waals surface area contributed by atoms with Crippen LogP contribution in [0.15, 0.2) is 18.6 Å². The summed E-state index contributed by atoms with van der Waals surface area (Å²) >= 11 is 0. The Morgan fingerprint density at radius 3 is 2.85 bits per heavy atom. The van der Waals surface area contributed by atoms with Gasteiger partial charge in [-0.05, 0) is 46.3 Å². The van der Waals surface area contributed by atoms with Crippen molar-refractivity contribution < 1.29 is 0 Å². The van der Waals surface area contributed by atoms with Gasteiger partial charge >= 0.3 is 0 Å². The Labute approximate surface area is 121 Å². The first-order valence-corrected chi connectivity index (χ1v) is 7.29. The number of nitrogens with one attached hydrogen (secondary N) is 1. The van der Waals surface area contributed by atoms with Crippen LogP contribution >= 0.6 is 0 Å². The van der Waals surface area contributed by atoms with Crippen molar-refractivity contribution in [1.82, 2.24) is 19.4 Å². The number of unbranched alkanes of at least 4 members (excludes halogenated alkanes) is 1. The van der Waals surface area contributed by atoms with Crippen LogP contribution in [-0.4, -0.2) is 45.6 Å². The number of nitrogens with zero attached hydrogens (tertiary/aromatic N) is 4. The van der Waals surface area contributed by atoms with Crippen molar-refractivity contribution in [3.63, 3.8) is 0 Å². The highest BCUT2D eigenvalue weighted by Crippen LogP contribution is 2.18. The molecule has 0 spiro atoms. The quantitative estimate of drug-likeness (QED) is 0.789. The van der Waals surface area contributed by atoms with Gasteiger partial charge in [0.05, 0.1) is 11.8 Å². The lowest BCUT2D eigenvalue weighted by atomic mass is 10.2. The Morgan fingerprint density at radius 2 is 2.10 bits per heavy atom. The number of aromatic nitrogens is 3. The van der Waals surface area contributed by atoms with Crippen molar-refractivity contribution in [2.75, 3.05) is 25.5 Å². The Kier molecular flexibility index (Phi) is 4.95. The molecular formula is C15H25N5. The summed E-state index contributed by atoms with van der Waals surface area (Å²) in [4.78, 5) is 11.2. The van der Waals surface area contributed by atoms with Crippen molar-refractivity contribution in [1.29, 1.82) is 0 Å². The van der Waals surface area contributed by atoms with Crippen LogP contribution in [0.3, 0.4) is 0 Å². The first-order chi connectivity index (χ1) is 9.59. The molecule has 0 saturated heterocycles. The van der Waals surface area contributed by atoms with E-state index in [0.29, 0.717) is 6.04 Å². The minimum absolute atomic E-state index is 0.617. The van der Waals surface area contributed by atoms with Crippen LogP contribution in [0.4, 0.5) is 5.82 Å². The highest BCUT2D eigenvalue weighted by Gasteiger charge is 2.06. The highest BCUT2D eigenvalue weighted by atomic mass is 15.1. The molecule has 0 aliphatic rings. The van der Waals surface area contributed by atoms with E-state index in [0.717, 1.165) is 36.4 Å². The molecule has 0 fully saturated rings. The van der Waals surface area contributed by atoms with Gasteiger partial charge < -0.3 is 14.8 Å². The molecule has 0 bridgehead atoms. The van der Waals surface area contributed by atoms with Gasteiger partial charge in [0.25, 0.3) is 0 Å². The second kappa shape index (κ2) is 6.70. The van der Waals surface area contributed by atoms with Crippen molar-refractivity contribution in [2.24, 2.45) is 7.05 Å². The zero-order chi connectivity index (χ0) is 14.5. The number of aryl methyl sites for hydroxylation is 1. The molecule has 5 nitrogen and oxygen atoms in total. The predicted molar refractivity (Wildman–Crippen MR) is 84.0 cm³/mol. The number of hydrogen-bond donors (Lipinski definition) is 1. The number of pyridine rings is 1. The maximum atomic E-state index is 4.40. The van der Waals surface area contributed by atoms with Gasteiger partial charge in [0.2, 0.25) is 0 Å². The largest absolute Gasteiger partial charge is 0.368 e. The molecule has 1 N–H and O–H groups in total. The molecule has 2 aromatic heterocycles. The van der Waals surface area contributed by atoms with E-state index in [1.165, 1.54) is 6.42 Å². The van der Waals surface area contributed by atoms with Crippen molar-refractivity contribution in [2.45, 2.75) is 32.7 Å². The summed E-state index contributed by atoms with van der Waals surface area (Å²) in [6, 6.07) is 2.61. The van der Waals surface area contributed by atoms with Gasteiger partial charge in [0.1, 0.15) is 5.52 Å². The number of hydrogen-bond acceptors (Lipinski definition) is 4. The average molecular weight is 275 g/mol. The second-order valence-electron chi connectivity index (χ2n) is 5.59. The van der Waals surface area contributed by atoms with Crippen molar-refractivity contribution in [3.8, 4) is 0 Å². The molecule has 0 aromatic carbocycles. The predicted octanol–water partition coefficient (Wildman–Crippen LogP) is 2.50. The zero-order valence-corrected chi connectivity index (χ0v) is 12.9. The van der Waals surface area contributed by atoms with Gasteiger partial charge in [-0.1, -0.05) is 0 Å². The van der Waals surface area contributed by atoms with Crippen LogP contribution in [0.1, 0.15) is 26.7 Å². The maximum absolute atomic E-state index is 4.40. The standard InChI is InChI=1S/C15H25N5/c1-12(2)19(3)10-6-5-8-16-15-14-13(7-9-17-15)20(4)11-18-14/h7,9,11-12H,5-6,8,10H2,1-4H3,(H,16,17). The number of anilines is 1. The fourth-order valence-corrected chi connectivity index (χ4v) is 2.14. The molecule has 0 aliphatic carbocycles. The number of imidazole rings is 1. The molecule has 110 valence electrons. The van der Waals surface area contributed by atoms with E-state index < -0.39 is 0 Å². The summed E-state index contributed by atoms with van der Waals surface area (Å²) in [5, 5.41) is 3.40. The molecule has 2 heterocycles. The van der Waals surface area contributed by atoms with E-state index in [1.807, 2.05) is 30.2 Å². The van der Waals surface area contributed by atoms with Crippen LogP contribution in [0.25, 0.3) is 11.0 Å². The Hall–Kier alpha value is -1.62. The molecular weight excluding hydrogens is 250 g/mol. The molecule has 0 atom stereocenters. The number of fused-ring (bicyclic) bond motifs is 1. The summed E-state index contributed by atoms with van der Waals surface area (Å²) in [5.74, 6) is 0.889. The van der Waals surface area contributed by atoms with Crippen LogP contribution in [0.2, 0.25) is 0 Å². The third kappa shape index (κ3) is 3.48. The molecule has 0 aliphatic heterocycles. The molecule has 0 radical (unpaired) electrons. The molecule has 2 rings (SSSR count). The van der Waals surface area contributed by atoms with E-state index in [4.69, 9.17) is 0 Å². The first kappa shape index (κ1) is 14.8. The minimum Gasteiger partial charge on any atom is -0.368 e. The monoisotopic (exact) mass is 275 g/mol.